The van der Waals surface area contributed by atoms with Crippen molar-refractivity contribution in [2.24, 2.45) is 0 Å². The fraction of sp³-hybridized carbons (Fsp3) is 0.250. The Labute approximate surface area is 205 Å². The highest BCUT2D eigenvalue weighted by Crippen LogP contribution is 2.41. The molecular formula is C24H21Cl2F2N5O. The first-order valence-electron chi connectivity index (χ1n) is 10.8. The number of fused-ring (bicyclic) bond motifs is 1. The predicted octanol–water partition coefficient (Wildman–Crippen LogP) is 5.11. The van der Waals surface area contributed by atoms with E-state index >= 15 is 0 Å². The molecule has 1 atom stereocenters. The van der Waals surface area contributed by atoms with E-state index in [9.17, 15) is 13.6 Å². The molecular weight excluding hydrogens is 483 g/mol. The Kier molecular flexibility index (Phi) is 5.95. The number of hydrogen-bond donors (Lipinski definition) is 1. The lowest BCUT2D eigenvalue weighted by Crippen LogP contribution is -2.50. The number of carbonyl (C=O) groups excluding carboxylic acids is 1. The number of aromatic nitrogens is 2. The van der Waals surface area contributed by atoms with Crippen LogP contribution in [0.4, 0.5) is 20.3 Å². The Morgan fingerprint density at radius 1 is 1.06 bits per heavy atom. The molecule has 2 aliphatic rings. The minimum absolute atomic E-state index is 0.189. The lowest BCUT2D eigenvalue weighted by atomic mass is 9.94. The monoisotopic (exact) mass is 503 g/mol. The quantitative estimate of drug-likeness (QED) is 0.539. The maximum absolute atomic E-state index is 14.1. The second-order valence-corrected chi connectivity index (χ2v) is 9.05. The zero-order valence-electron chi connectivity index (χ0n) is 18.2. The molecule has 1 aromatic heterocycles. The van der Waals surface area contributed by atoms with E-state index in [1.165, 1.54) is 22.9 Å². The van der Waals surface area contributed by atoms with E-state index in [2.05, 4.69) is 15.3 Å². The number of nitrogens with one attached hydrogen (secondary N) is 1. The first-order chi connectivity index (χ1) is 16.3. The number of rotatable bonds is 3. The summed E-state index contributed by atoms with van der Waals surface area (Å²) in [6.07, 6.45) is 0. The molecule has 1 amide bonds. The summed E-state index contributed by atoms with van der Waals surface area (Å²) in [7, 11) is 0. The highest BCUT2D eigenvalue weighted by Gasteiger charge is 2.37. The summed E-state index contributed by atoms with van der Waals surface area (Å²) in [5, 5.41) is 7.71. The Hall–Kier alpha value is -3.10. The van der Waals surface area contributed by atoms with Gasteiger partial charge in [0.1, 0.15) is 17.7 Å². The number of halogens is 4. The molecule has 0 aliphatic carbocycles. The van der Waals surface area contributed by atoms with Gasteiger partial charge >= 0.3 is 0 Å². The summed E-state index contributed by atoms with van der Waals surface area (Å²) in [6, 6.07) is 12.0. The largest absolute Gasteiger partial charge is 0.368 e. The van der Waals surface area contributed by atoms with Crippen LogP contribution < -0.4 is 10.2 Å². The van der Waals surface area contributed by atoms with Crippen LogP contribution in [0.1, 0.15) is 18.5 Å². The van der Waals surface area contributed by atoms with Crippen LogP contribution in [0.2, 0.25) is 10.0 Å². The molecule has 6 nitrogen and oxygen atoms in total. The van der Waals surface area contributed by atoms with Crippen LogP contribution >= 0.6 is 23.2 Å². The zero-order valence-corrected chi connectivity index (χ0v) is 19.7. The van der Waals surface area contributed by atoms with Gasteiger partial charge in [-0.3, -0.25) is 4.79 Å². The van der Waals surface area contributed by atoms with Crippen molar-refractivity contribution in [2.75, 3.05) is 36.4 Å². The van der Waals surface area contributed by atoms with Crippen LogP contribution in [0.15, 0.2) is 59.8 Å². The molecule has 3 heterocycles. The van der Waals surface area contributed by atoms with Crippen LogP contribution in [0.5, 0.6) is 0 Å². The molecule has 176 valence electrons. The molecule has 34 heavy (non-hydrogen) atoms. The molecule has 10 heteroatoms. The second kappa shape index (κ2) is 8.92. The van der Waals surface area contributed by atoms with Gasteiger partial charge in [0.2, 0.25) is 5.95 Å². The number of benzene rings is 2. The lowest BCUT2D eigenvalue weighted by Gasteiger charge is -2.38. The fourth-order valence-corrected chi connectivity index (χ4v) is 4.94. The average molecular weight is 504 g/mol. The molecule has 0 radical (unpaired) electrons. The molecule has 5 rings (SSSR count). The molecule has 1 saturated heterocycles. The van der Waals surface area contributed by atoms with E-state index in [-0.39, 0.29) is 16.7 Å². The Balaban J connectivity index is 1.46. The maximum Gasteiger partial charge on any atom is 0.254 e. The van der Waals surface area contributed by atoms with E-state index in [0.717, 1.165) is 5.69 Å². The Morgan fingerprint density at radius 2 is 1.76 bits per heavy atom. The summed E-state index contributed by atoms with van der Waals surface area (Å²) in [5.41, 5.74) is 2.49. The van der Waals surface area contributed by atoms with Crippen molar-refractivity contribution in [3.63, 3.8) is 0 Å². The lowest BCUT2D eigenvalue weighted by molar-refractivity contribution is -0.128. The van der Waals surface area contributed by atoms with Gasteiger partial charge < -0.3 is 15.1 Å². The highest BCUT2D eigenvalue weighted by atomic mass is 35.5. The topological polar surface area (TPSA) is 53.4 Å². The molecule has 2 aliphatic heterocycles. The molecule has 0 bridgehead atoms. The number of amides is 1. The van der Waals surface area contributed by atoms with Crippen molar-refractivity contribution in [3.05, 3.63) is 87.2 Å². The summed E-state index contributed by atoms with van der Waals surface area (Å²) < 4.78 is 28.8. The SMILES string of the molecule is CC1=C(C(=O)N2CCN(c3ccc(F)cc3)CC2)C(c2cccc(Cl)c2Cl)n2nc(F)cc2N1. The van der Waals surface area contributed by atoms with E-state index < -0.39 is 12.0 Å². The van der Waals surface area contributed by atoms with Gasteiger partial charge in [-0.2, -0.15) is 4.39 Å². The second-order valence-electron chi connectivity index (χ2n) is 8.26. The van der Waals surface area contributed by atoms with Gasteiger partial charge in [0, 0.05) is 49.2 Å². The van der Waals surface area contributed by atoms with E-state index in [4.69, 9.17) is 23.2 Å². The van der Waals surface area contributed by atoms with Crippen LogP contribution in [0.3, 0.4) is 0 Å². The molecule has 1 N–H and O–H groups in total. The summed E-state index contributed by atoms with van der Waals surface area (Å²) >= 11 is 12.8. The predicted molar refractivity (Wildman–Crippen MR) is 128 cm³/mol. The van der Waals surface area contributed by atoms with Crippen molar-refractivity contribution in [1.29, 1.82) is 0 Å². The normalized spacial score (nSPS) is 18.1. The first-order valence-corrected chi connectivity index (χ1v) is 11.6. The standard InChI is InChI=1S/C24H21Cl2F2N5O/c1-14-21(24(34)32-11-9-31(10-12-32)16-7-5-15(27)6-8-16)23(17-3-2-4-18(25)22(17)26)33-20(29-14)13-19(28)30-33/h2-8,13,23,29H,9-12H2,1H3. The summed E-state index contributed by atoms with van der Waals surface area (Å²) in [4.78, 5) is 17.7. The van der Waals surface area contributed by atoms with Gasteiger partial charge in [0.15, 0.2) is 0 Å². The minimum atomic E-state index is -0.741. The van der Waals surface area contributed by atoms with Gasteiger partial charge in [-0.15, -0.1) is 5.10 Å². The van der Waals surface area contributed by atoms with Crippen molar-refractivity contribution >= 4 is 40.6 Å². The number of anilines is 2. The molecule has 1 fully saturated rings. The van der Waals surface area contributed by atoms with Gasteiger partial charge in [-0.05, 0) is 37.3 Å². The van der Waals surface area contributed by atoms with E-state index in [1.807, 2.05) is 0 Å². The van der Waals surface area contributed by atoms with Gasteiger partial charge in [-0.1, -0.05) is 35.3 Å². The Bertz CT molecular complexity index is 1280. The molecule has 0 saturated carbocycles. The van der Waals surface area contributed by atoms with Crippen molar-refractivity contribution in [1.82, 2.24) is 14.7 Å². The third-order valence-corrected chi connectivity index (χ3v) is 7.04. The van der Waals surface area contributed by atoms with Crippen LogP contribution in [0, 0.1) is 11.8 Å². The number of carbonyl (C=O) groups is 1. The summed E-state index contributed by atoms with van der Waals surface area (Å²) in [5.74, 6) is -0.718. The van der Waals surface area contributed by atoms with E-state index in [0.29, 0.717) is 53.9 Å². The fourth-order valence-electron chi connectivity index (χ4n) is 4.53. The van der Waals surface area contributed by atoms with Crippen molar-refractivity contribution < 1.29 is 13.6 Å². The summed E-state index contributed by atoms with van der Waals surface area (Å²) in [6.45, 7) is 3.93. The van der Waals surface area contributed by atoms with E-state index in [1.54, 1.807) is 42.2 Å². The average Bonchev–Trinajstić information content (AvgIpc) is 3.20. The smallest absolute Gasteiger partial charge is 0.254 e. The Morgan fingerprint density at radius 3 is 2.47 bits per heavy atom. The van der Waals surface area contributed by atoms with Gasteiger partial charge in [0.25, 0.3) is 5.91 Å². The van der Waals surface area contributed by atoms with Gasteiger partial charge in [0.05, 0.1) is 15.6 Å². The van der Waals surface area contributed by atoms with Gasteiger partial charge in [-0.25, -0.2) is 9.07 Å². The zero-order chi connectivity index (χ0) is 24.0. The maximum atomic E-state index is 14.1. The highest BCUT2D eigenvalue weighted by molar-refractivity contribution is 6.42. The third-order valence-electron chi connectivity index (χ3n) is 6.21. The van der Waals surface area contributed by atoms with Crippen LogP contribution in [-0.2, 0) is 4.79 Å². The molecule has 3 aromatic rings. The van der Waals surface area contributed by atoms with Crippen LogP contribution in [-0.4, -0.2) is 46.8 Å². The van der Waals surface area contributed by atoms with Crippen LogP contribution in [0.25, 0.3) is 0 Å². The molecule has 1 unspecified atom stereocenters. The molecule has 2 aromatic carbocycles. The third kappa shape index (κ3) is 4.01. The first kappa shape index (κ1) is 22.7. The number of allylic oxidation sites excluding steroid dienone is 1. The van der Waals surface area contributed by atoms with Crippen molar-refractivity contribution in [3.8, 4) is 0 Å². The van der Waals surface area contributed by atoms with Crippen molar-refractivity contribution in [2.45, 2.75) is 13.0 Å². The number of piperazine rings is 1. The minimum Gasteiger partial charge on any atom is -0.368 e. The molecule has 0 spiro atoms. The number of nitrogens with zero attached hydrogens (tertiary/aromatic N) is 4. The number of hydrogen-bond acceptors (Lipinski definition) is 4.